The van der Waals surface area contributed by atoms with Crippen molar-refractivity contribution in [1.29, 1.82) is 0 Å². The summed E-state index contributed by atoms with van der Waals surface area (Å²) >= 11 is 0. The summed E-state index contributed by atoms with van der Waals surface area (Å²) in [5.41, 5.74) is 2.36. The Kier molecular flexibility index (Phi) is 5.64. The van der Waals surface area contributed by atoms with Crippen molar-refractivity contribution in [2.45, 2.75) is 20.3 Å². The molecule has 1 aliphatic heterocycles. The number of rotatable bonds is 5. The van der Waals surface area contributed by atoms with Crippen LogP contribution in [0.5, 0.6) is 5.75 Å². The maximum absolute atomic E-state index is 12.1. The van der Waals surface area contributed by atoms with Crippen LogP contribution in [0.25, 0.3) is 0 Å². The van der Waals surface area contributed by atoms with E-state index in [1.165, 1.54) is 16.1 Å². The molecule has 1 aromatic carbocycles. The van der Waals surface area contributed by atoms with Gasteiger partial charge in [-0.1, -0.05) is 6.07 Å². The van der Waals surface area contributed by atoms with E-state index in [2.05, 4.69) is 0 Å². The second kappa shape index (κ2) is 7.31. The first-order chi connectivity index (χ1) is 10.8. The molecule has 0 unspecified atom stereocenters. The molecule has 2 rings (SSSR count). The fourth-order valence-corrected chi connectivity index (χ4v) is 3.31. The van der Waals surface area contributed by atoms with Crippen molar-refractivity contribution in [3.05, 3.63) is 29.3 Å². The summed E-state index contributed by atoms with van der Waals surface area (Å²) in [5.74, 6) is 0.768. The van der Waals surface area contributed by atoms with Gasteiger partial charge < -0.3 is 9.64 Å². The maximum atomic E-state index is 12.1. The quantitative estimate of drug-likeness (QED) is 0.807. The van der Waals surface area contributed by atoms with Crippen molar-refractivity contribution < 1.29 is 17.9 Å². The largest absolute Gasteiger partial charge is 0.493 e. The van der Waals surface area contributed by atoms with E-state index >= 15 is 0 Å². The zero-order valence-corrected chi connectivity index (χ0v) is 14.7. The lowest BCUT2D eigenvalue weighted by Crippen LogP contribution is -2.50. The fourth-order valence-electron chi connectivity index (χ4n) is 2.49. The molecule has 1 heterocycles. The zero-order valence-electron chi connectivity index (χ0n) is 13.9. The highest BCUT2D eigenvalue weighted by Crippen LogP contribution is 2.16. The number of benzene rings is 1. The molecule has 0 bridgehead atoms. The molecule has 0 spiro atoms. The van der Waals surface area contributed by atoms with Crippen molar-refractivity contribution in [3.63, 3.8) is 0 Å². The van der Waals surface area contributed by atoms with Gasteiger partial charge in [-0.2, -0.15) is 4.31 Å². The molecule has 128 valence electrons. The summed E-state index contributed by atoms with van der Waals surface area (Å²) in [6.45, 7) is 6.00. The normalized spacial score (nSPS) is 16.4. The molecule has 1 aromatic rings. The number of sulfonamides is 1. The lowest BCUT2D eigenvalue weighted by molar-refractivity contribution is -0.132. The third-order valence-electron chi connectivity index (χ3n) is 4.12. The maximum Gasteiger partial charge on any atom is 0.226 e. The molecule has 1 saturated heterocycles. The monoisotopic (exact) mass is 340 g/mol. The molecule has 0 N–H and O–H groups in total. The number of hydrogen-bond donors (Lipinski definition) is 0. The first-order valence-electron chi connectivity index (χ1n) is 7.70. The third kappa shape index (κ3) is 4.94. The van der Waals surface area contributed by atoms with E-state index in [-0.39, 0.29) is 5.91 Å². The zero-order chi connectivity index (χ0) is 17.0. The standard InChI is InChI=1S/C16H24N2O4S/c1-13-4-5-15(12-14(13)2)22-11-6-16(19)17-7-9-18(10-8-17)23(3,20)21/h4-5,12H,6-11H2,1-3H3. The summed E-state index contributed by atoms with van der Waals surface area (Å²) in [7, 11) is -3.16. The van der Waals surface area contributed by atoms with Gasteiger partial charge in [0.1, 0.15) is 5.75 Å². The van der Waals surface area contributed by atoms with E-state index in [4.69, 9.17) is 4.74 Å². The van der Waals surface area contributed by atoms with Gasteiger partial charge in [-0.15, -0.1) is 0 Å². The van der Waals surface area contributed by atoms with Crippen molar-refractivity contribution >= 4 is 15.9 Å². The first-order valence-corrected chi connectivity index (χ1v) is 9.55. The Morgan fingerprint density at radius 3 is 2.35 bits per heavy atom. The van der Waals surface area contributed by atoms with Gasteiger partial charge in [-0.3, -0.25) is 4.79 Å². The van der Waals surface area contributed by atoms with Crippen LogP contribution in [-0.2, 0) is 14.8 Å². The van der Waals surface area contributed by atoms with Gasteiger partial charge in [0.15, 0.2) is 0 Å². The topological polar surface area (TPSA) is 66.9 Å². The number of amides is 1. The second-order valence-electron chi connectivity index (χ2n) is 5.89. The second-order valence-corrected chi connectivity index (χ2v) is 7.87. The van der Waals surface area contributed by atoms with E-state index in [0.29, 0.717) is 39.2 Å². The smallest absolute Gasteiger partial charge is 0.226 e. The van der Waals surface area contributed by atoms with E-state index in [1.807, 2.05) is 32.0 Å². The Hall–Kier alpha value is -1.60. The van der Waals surface area contributed by atoms with Crippen LogP contribution >= 0.6 is 0 Å². The summed E-state index contributed by atoms with van der Waals surface area (Å²) in [4.78, 5) is 13.8. The highest BCUT2D eigenvalue weighted by atomic mass is 32.2. The van der Waals surface area contributed by atoms with E-state index < -0.39 is 10.0 Å². The van der Waals surface area contributed by atoms with E-state index in [9.17, 15) is 13.2 Å². The summed E-state index contributed by atoms with van der Waals surface area (Å²) in [6, 6.07) is 5.86. The molecule has 7 heteroatoms. The molecule has 6 nitrogen and oxygen atoms in total. The number of carbonyl (C=O) groups excluding carboxylic acids is 1. The van der Waals surface area contributed by atoms with Crippen LogP contribution in [0, 0.1) is 13.8 Å². The van der Waals surface area contributed by atoms with Crippen LogP contribution in [0.3, 0.4) is 0 Å². The van der Waals surface area contributed by atoms with Crippen molar-refractivity contribution in [1.82, 2.24) is 9.21 Å². The van der Waals surface area contributed by atoms with Crippen molar-refractivity contribution in [3.8, 4) is 5.75 Å². The predicted molar refractivity (Wildman–Crippen MR) is 89.0 cm³/mol. The van der Waals surface area contributed by atoms with Crippen molar-refractivity contribution in [2.24, 2.45) is 0 Å². The molecule has 1 fully saturated rings. The Labute approximate surface area is 138 Å². The number of hydrogen-bond acceptors (Lipinski definition) is 4. The molecular weight excluding hydrogens is 316 g/mol. The minimum atomic E-state index is -3.16. The van der Waals surface area contributed by atoms with Gasteiger partial charge in [-0.25, -0.2) is 8.42 Å². The van der Waals surface area contributed by atoms with Crippen LogP contribution in [0.2, 0.25) is 0 Å². The average molecular weight is 340 g/mol. The highest BCUT2D eigenvalue weighted by Gasteiger charge is 2.25. The Balaban J connectivity index is 1.76. The molecule has 0 saturated carbocycles. The summed E-state index contributed by atoms with van der Waals surface area (Å²) in [6.07, 6.45) is 1.49. The van der Waals surface area contributed by atoms with Gasteiger partial charge in [-0.05, 0) is 37.1 Å². The SMILES string of the molecule is Cc1ccc(OCCC(=O)N2CCN(S(C)(=O)=O)CC2)cc1C. The minimum absolute atomic E-state index is 0.00184. The van der Waals surface area contributed by atoms with Crippen molar-refractivity contribution in [2.75, 3.05) is 39.0 Å². The van der Waals surface area contributed by atoms with Crippen LogP contribution in [0.4, 0.5) is 0 Å². The highest BCUT2D eigenvalue weighted by molar-refractivity contribution is 7.88. The van der Waals surface area contributed by atoms with Crippen LogP contribution in [0.15, 0.2) is 18.2 Å². The minimum Gasteiger partial charge on any atom is -0.493 e. The lowest BCUT2D eigenvalue weighted by Gasteiger charge is -2.33. The van der Waals surface area contributed by atoms with E-state index in [0.717, 1.165) is 11.3 Å². The number of carbonyl (C=O) groups is 1. The molecule has 1 aliphatic rings. The van der Waals surface area contributed by atoms with Gasteiger partial charge in [0.25, 0.3) is 0 Å². The molecule has 23 heavy (non-hydrogen) atoms. The van der Waals surface area contributed by atoms with E-state index in [1.54, 1.807) is 4.90 Å². The molecule has 0 radical (unpaired) electrons. The predicted octanol–water partition coefficient (Wildman–Crippen LogP) is 1.18. The molecular formula is C16H24N2O4S. The number of nitrogens with zero attached hydrogens (tertiary/aromatic N) is 2. The first kappa shape index (κ1) is 17.7. The Morgan fingerprint density at radius 1 is 1.13 bits per heavy atom. The average Bonchev–Trinajstić information content (AvgIpc) is 2.50. The number of aryl methyl sites for hydroxylation is 2. The van der Waals surface area contributed by atoms with Crippen LogP contribution in [-0.4, -0.2) is 62.6 Å². The van der Waals surface area contributed by atoms with Gasteiger partial charge >= 0.3 is 0 Å². The molecule has 0 aromatic heterocycles. The van der Waals surface area contributed by atoms with Crippen LogP contribution in [0.1, 0.15) is 17.5 Å². The lowest BCUT2D eigenvalue weighted by atomic mass is 10.1. The number of piperazine rings is 1. The molecule has 1 amide bonds. The van der Waals surface area contributed by atoms with Gasteiger partial charge in [0.2, 0.25) is 15.9 Å². The number of ether oxygens (including phenoxy) is 1. The molecule has 0 aliphatic carbocycles. The Bertz CT molecular complexity index is 665. The van der Waals surface area contributed by atoms with Gasteiger partial charge in [0, 0.05) is 26.2 Å². The third-order valence-corrected chi connectivity index (χ3v) is 5.43. The summed E-state index contributed by atoms with van der Waals surface area (Å²) < 4.78 is 29.9. The fraction of sp³-hybridized carbons (Fsp3) is 0.562. The van der Waals surface area contributed by atoms with Gasteiger partial charge in [0.05, 0.1) is 19.3 Å². The Morgan fingerprint density at radius 2 is 1.78 bits per heavy atom. The van der Waals surface area contributed by atoms with Crippen LogP contribution < -0.4 is 4.74 Å². The summed E-state index contributed by atoms with van der Waals surface area (Å²) in [5, 5.41) is 0. The molecule has 0 atom stereocenters.